The summed E-state index contributed by atoms with van der Waals surface area (Å²) in [5.74, 6) is -10.4. The number of guanidine groups is 1. The second-order valence-electron chi connectivity index (χ2n) is 19.5. The van der Waals surface area contributed by atoms with Crippen LogP contribution in [-0.2, 0) is 65.6 Å². The van der Waals surface area contributed by atoms with Crippen LogP contribution in [0.25, 0.3) is 0 Å². The summed E-state index contributed by atoms with van der Waals surface area (Å²) < 4.78 is 0.760. The van der Waals surface area contributed by atoms with Gasteiger partial charge in [-0.1, -0.05) is 18.2 Å². The fourth-order valence-electron chi connectivity index (χ4n) is 8.63. The number of carbonyl (C=O) groups excluding carboxylic acids is 11. The molecule has 3 aromatic rings. The Bertz CT molecular complexity index is 2840. The van der Waals surface area contributed by atoms with E-state index >= 15 is 4.79 Å². The first-order chi connectivity index (χ1) is 39.5. The van der Waals surface area contributed by atoms with Crippen LogP contribution in [0.1, 0.15) is 56.1 Å². The standard InChI is InChI=1S/C52H71AsN16O12S2/c54-31-14-12-30(13-15-31)53-82-26-33(55)44(74)65-36(23-29-10-16-32(70)17-11-29)48(78)66-37(22-28-6-2-1-3-7-28)47(77)63-35(18-19-41(56)71)46(76)67-38(24-42(57)72)49(79)68-39(27-83-53)51(81)69-21-5-9-40(69)50(80)64-34(8-4-20-61-52(59)60)45(75)62-25-43(58)73/h1-3,6-7,10-17,33-40,70H,4-5,8-9,18-27,54-55H2,(H2,56,71)(H2,57,72)(H2,58,73)(H,62,75)(H,63,77)(H,64,80)(H,65,74)(H,66,78)(H,67,76)(H,68,79)(H4,59,60,61)/t33-,34+,35+,36?,37+,38+,39-,40+,53?/m1/s1. The number of benzene rings is 3. The number of anilines is 1. The maximum absolute atomic E-state index is 15.1. The molecule has 2 aliphatic heterocycles. The van der Waals surface area contributed by atoms with E-state index in [2.05, 4.69) is 42.2 Å². The molecule has 2 aliphatic rings. The van der Waals surface area contributed by atoms with Crippen molar-refractivity contribution in [2.24, 2.45) is 39.4 Å². The number of hydrogen-bond acceptors (Lipinski definition) is 17. The average molecular weight is 1250 g/mol. The number of rotatable bonds is 20. The third-order valence-electron chi connectivity index (χ3n) is 12.9. The number of phenols is 1. The summed E-state index contributed by atoms with van der Waals surface area (Å²) >= 11 is -2.67. The molecule has 2 saturated heterocycles. The van der Waals surface area contributed by atoms with Crippen molar-refractivity contribution >= 4 is 113 Å². The third kappa shape index (κ3) is 21.6. The van der Waals surface area contributed by atoms with Crippen molar-refractivity contribution in [2.75, 3.05) is 36.9 Å². The van der Waals surface area contributed by atoms with E-state index in [4.69, 9.17) is 40.1 Å². The van der Waals surface area contributed by atoms with Crippen LogP contribution in [0.15, 0.2) is 83.9 Å². The minimum atomic E-state index is -2.67. The predicted octanol–water partition coefficient (Wildman–Crippen LogP) is -5.34. The normalized spacial score (nSPS) is 22.6. The van der Waals surface area contributed by atoms with Gasteiger partial charge in [0.15, 0.2) is 5.96 Å². The van der Waals surface area contributed by atoms with Gasteiger partial charge in [0.1, 0.15) is 0 Å². The number of phenolic OH excluding ortho intramolecular Hbond substituents is 1. The number of carbonyl (C=O) groups is 11. The fourth-order valence-corrected chi connectivity index (χ4v) is 21.1. The molecule has 22 N–H and O–H groups in total. The van der Waals surface area contributed by atoms with E-state index in [-0.39, 0.29) is 68.4 Å². The van der Waals surface area contributed by atoms with E-state index in [0.717, 1.165) is 4.35 Å². The van der Waals surface area contributed by atoms with Crippen molar-refractivity contribution in [3.63, 3.8) is 0 Å². The summed E-state index contributed by atoms with van der Waals surface area (Å²) in [4.78, 5) is 156. The molecule has 5 rings (SSSR count). The Hall–Kier alpha value is -8.08. The summed E-state index contributed by atoms with van der Waals surface area (Å²) in [6, 6.07) is 9.56. The van der Waals surface area contributed by atoms with Gasteiger partial charge in [0.25, 0.3) is 0 Å². The molecule has 2 heterocycles. The van der Waals surface area contributed by atoms with Gasteiger partial charge in [0, 0.05) is 0 Å². The second-order valence-corrected chi connectivity index (χ2v) is 31.1. The first-order valence-electron chi connectivity index (χ1n) is 26.3. The number of nitrogens with zero attached hydrogens (tertiary/aromatic N) is 2. The Balaban J connectivity index is 1.57. The summed E-state index contributed by atoms with van der Waals surface area (Å²) in [7, 11) is 2.56. The van der Waals surface area contributed by atoms with E-state index in [1.165, 1.54) is 49.2 Å². The molecule has 0 spiro atoms. The molecule has 0 saturated carbocycles. The van der Waals surface area contributed by atoms with Crippen molar-refractivity contribution in [3.05, 3.63) is 90.0 Å². The third-order valence-corrected chi connectivity index (χ3v) is 26.2. The molecule has 3 aromatic carbocycles. The zero-order valence-electron chi connectivity index (χ0n) is 45.2. The van der Waals surface area contributed by atoms with Gasteiger partial charge in [0.05, 0.1) is 0 Å². The van der Waals surface area contributed by atoms with Gasteiger partial charge in [-0.2, -0.15) is 0 Å². The fraction of sp³-hybridized carbons (Fsp3) is 0.423. The summed E-state index contributed by atoms with van der Waals surface area (Å²) in [6.45, 7) is -0.464. The number of hydrogen-bond donors (Lipinski definition) is 15. The van der Waals surface area contributed by atoms with Gasteiger partial charge < -0.3 is 22.9 Å². The van der Waals surface area contributed by atoms with Crippen LogP contribution in [0.2, 0.25) is 0 Å². The van der Waals surface area contributed by atoms with Gasteiger partial charge in [-0.25, -0.2) is 0 Å². The monoisotopic (exact) mass is 1250 g/mol. The molecule has 11 amide bonds. The number of aliphatic imine (C=N–C) groups is 1. The zero-order valence-corrected chi connectivity index (χ0v) is 48.7. The van der Waals surface area contributed by atoms with Gasteiger partial charge in [0.2, 0.25) is 5.91 Å². The van der Waals surface area contributed by atoms with Crippen LogP contribution < -0.4 is 81.7 Å². The molecule has 0 bridgehead atoms. The second kappa shape index (κ2) is 32.5. The molecule has 28 nitrogen and oxygen atoms in total. The van der Waals surface area contributed by atoms with Gasteiger partial charge in [-0.05, 0) is 0 Å². The number of nitrogen functional groups attached to an aromatic ring is 1. The summed E-state index contributed by atoms with van der Waals surface area (Å²) in [5, 5.41) is 28.1. The molecule has 0 aromatic heterocycles. The Kier molecular flexibility index (Phi) is 25.8. The zero-order chi connectivity index (χ0) is 60.8. The SMILES string of the molecule is NC(=O)CC[C@@H]1NC(=O)[C@H](Cc2ccccc2)NC(=O)C(Cc2ccc(O)cc2)NC(=O)[C@H](N)CS[As](c2ccc(N)cc2)SC[C@H](C(=O)N2CCC[C@H]2C(=O)N[C@@H](CCCN=C(N)N)C(=O)NCC(N)=O)NC(=O)[C@H](CC(N)=O)NC1=O. The van der Waals surface area contributed by atoms with Crippen LogP contribution in [0.3, 0.4) is 0 Å². The average Bonchev–Trinajstić information content (AvgIpc) is 3.95. The summed E-state index contributed by atoms with van der Waals surface area (Å²) in [5.41, 5.74) is 41.5. The van der Waals surface area contributed by atoms with E-state index in [1.54, 1.807) is 54.6 Å². The van der Waals surface area contributed by atoms with Crippen LogP contribution in [0, 0.1) is 0 Å². The van der Waals surface area contributed by atoms with Crippen LogP contribution in [0.5, 0.6) is 5.75 Å². The van der Waals surface area contributed by atoms with E-state index in [0.29, 0.717) is 23.2 Å². The van der Waals surface area contributed by atoms with Crippen molar-refractivity contribution < 1.29 is 57.8 Å². The van der Waals surface area contributed by atoms with E-state index in [9.17, 15) is 53.1 Å². The maximum atomic E-state index is 15.1. The van der Waals surface area contributed by atoms with Crippen molar-refractivity contribution in [3.8, 4) is 5.75 Å². The molecule has 2 unspecified atom stereocenters. The molecule has 9 atom stereocenters. The Morgan fingerprint density at radius 2 is 1.28 bits per heavy atom. The number of likely N-dealkylation sites (tertiary alicyclic amines) is 1. The molecule has 448 valence electrons. The molecule has 0 radical (unpaired) electrons. The first kappa shape index (κ1) is 65.7. The van der Waals surface area contributed by atoms with Crippen LogP contribution >= 0.6 is 20.0 Å². The number of amides is 11. The molecule has 31 heteroatoms. The van der Waals surface area contributed by atoms with Crippen molar-refractivity contribution in [1.29, 1.82) is 0 Å². The number of nitrogens with two attached hydrogens (primary N) is 7. The topological polar surface area (TPSA) is 490 Å². The first-order valence-corrected chi connectivity index (χ1v) is 33.7. The molecular weight excluding hydrogens is 1180 g/mol. The molecule has 83 heavy (non-hydrogen) atoms. The number of nitrogens with one attached hydrogen (secondary N) is 7. The van der Waals surface area contributed by atoms with E-state index in [1.807, 2.05) is 0 Å². The number of primary amides is 3. The van der Waals surface area contributed by atoms with Crippen LogP contribution in [-0.4, -0.2) is 173 Å². The van der Waals surface area contributed by atoms with Gasteiger partial charge >= 0.3 is 424 Å². The summed E-state index contributed by atoms with van der Waals surface area (Å²) in [6.07, 6.45) is -1.48. The van der Waals surface area contributed by atoms with E-state index < -0.39 is 151 Å². The van der Waals surface area contributed by atoms with Gasteiger partial charge in [-0.15, -0.1) is 0 Å². The Labute approximate surface area is 489 Å². The molecule has 2 fully saturated rings. The Morgan fingerprint density at radius 1 is 0.699 bits per heavy atom. The number of aromatic hydroxyl groups is 1. The van der Waals surface area contributed by atoms with Crippen molar-refractivity contribution in [1.82, 2.24) is 42.1 Å². The van der Waals surface area contributed by atoms with Gasteiger partial charge in [-0.3, -0.25) is 14.6 Å². The quantitative estimate of drug-likeness (QED) is 0.0165. The van der Waals surface area contributed by atoms with Crippen LogP contribution in [0.4, 0.5) is 5.69 Å². The molecular formula is C52H71AsN16O12S2. The Morgan fingerprint density at radius 3 is 1.89 bits per heavy atom. The molecule has 0 aliphatic carbocycles. The minimum absolute atomic E-state index is 0.00580. The van der Waals surface area contributed by atoms with Crippen molar-refractivity contribution in [2.45, 2.75) is 106 Å². The predicted molar refractivity (Wildman–Crippen MR) is 312 cm³/mol.